The van der Waals surface area contributed by atoms with Gasteiger partial charge in [0.1, 0.15) is 6.04 Å². The van der Waals surface area contributed by atoms with Crippen molar-refractivity contribution in [3.63, 3.8) is 0 Å². The molecule has 0 aliphatic rings. The molecule has 0 amide bonds. The monoisotopic (exact) mass is 317 g/mol. The van der Waals surface area contributed by atoms with E-state index in [4.69, 9.17) is 5.11 Å². The molecule has 0 spiro atoms. The highest BCUT2D eigenvalue weighted by atomic mass is 79.9. The molecule has 0 aliphatic heterocycles. The van der Waals surface area contributed by atoms with Crippen LogP contribution in [0.3, 0.4) is 0 Å². The van der Waals surface area contributed by atoms with Gasteiger partial charge in [0.05, 0.1) is 0 Å². The van der Waals surface area contributed by atoms with E-state index in [-0.39, 0.29) is 0 Å². The molecule has 1 unspecified atom stereocenters. The van der Waals surface area contributed by atoms with Crippen LogP contribution in [0.25, 0.3) is 0 Å². The SMILES string of the molecule is CCSCCC(Nc1ccccc1Br)C(=O)O. The van der Waals surface area contributed by atoms with Crippen LogP contribution in [-0.4, -0.2) is 28.6 Å². The van der Waals surface area contributed by atoms with Crippen molar-refractivity contribution in [2.45, 2.75) is 19.4 Å². The molecule has 0 saturated heterocycles. The molecule has 0 heterocycles. The molecule has 0 bridgehead atoms. The van der Waals surface area contributed by atoms with Crippen LogP contribution in [0.2, 0.25) is 0 Å². The molecule has 1 aromatic carbocycles. The number of rotatable bonds is 7. The lowest BCUT2D eigenvalue weighted by atomic mass is 10.2. The normalized spacial score (nSPS) is 12.1. The van der Waals surface area contributed by atoms with Gasteiger partial charge in [-0.25, -0.2) is 4.79 Å². The molecule has 0 aromatic heterocycles. The molecule has 1 atom stereocenters. The van der Waals surface area contributed by atoms with Crippen LogP contribution in [0.4, 0.5) is 5.69 Å². The Bertz CT molecular complexity index is 373. The molecule has 0 saturated carbocycles. The average Bonchev–Trinajstić information content (AvgIpc) is 2.30. The summed E-state index contributed by atoms with van der Waals surface area (Å²) in [5.41, 5.74) is 0.821. The second kappa shape index (κ2) is 7.61. The highest BCUT2D eigenvalue weighted by Gasteiger charge is 2.17. The van der Waals surface area contributed by atoms with E-state index in [0.29, 0.717) is 6.42 Å². The number of aliphatic carboxylic acids is 1. The third kappa shape index (κ3) is 5.00. The Balaban J connectivity index is 2.61. The molecule has 3 nitrogen and oxygen atoms in total. The van der Waals surface area contributed by atoms with E-state index >= 15 is 0 Å². The lowest BCUT2D eigenvalue weighted by Crippen LogP contribution is -2.30. The van der Waals surface area contributed by atoms with Crippen LogP contribution in [0.15, 0.2) is 28.7 Å². The first kappa shape index (κ1) is 14.4. The smallest absolute Gasteiger partial charge is 0.326 e. The molecule has 0 fully saturated rings. The van der Waals surface area contributed by atoms with Gasteiger partial charge < -0.3 is 10.4 Å². The Morgan fingerprint density at radius 1 is 1.53 bits per heavy atom. The van der Waals surface area contributed by atoms with E-state index in [0.717, 1.165) is 21.7 Å². The highest BCUT2D eigenvalue weighted by Crippen LogP contribution is 2.22. The summed E-state index contributed by atoms with van der Waals surface area (Å²) in [5.74, 6) is 1.06. The minimum absolute atomic E-state index is 0.534. The van der Waals surface area contributed by atoms with Crippen molar-refractivity contribution >= 4 is 39.3 Å². The Morgan fingerprint density at radius 3 is 2.82 bits per heavy atom. The van der Waals surface area contributed by atoms with E-state index in [2.05, 4.69) is 28.2 Å². The minimum Gasteiger partial charge on any atom is -0.480 e. The first-order chi connectivity index (χ1) is 8.15. The predicted molar refractivity (Wildman–Crippen MR) is 76.8 cm³/mol. The fraction of sp³-hybridized carbons (Fsp3) is 0.417. The average molecular weight is 318 g/mol. The zero-order valence-corrected chi connectivity index (χ0v) is 12.1. The Morgan fingerprint density at radius 2 is 2.24 bits per heavy atom. The lowest BCUT2D eigenvalue weighted by molar-refractivity contribution is -0.137. The van der Waals surface area contributed by atoms with Gasteiger partial charge in [-0.3, -0.25) is 0 Å². The fourth-order valence-electron chi connectivity index (χ4n) is 1.37. The van der Waals surface area contributed by atoms with Crippen LogP contribution in [0.1, 0.15) is 13.3 Å². The number of carboxylic acid groups (broad SMARTS) is 1. The van der Waals surface area contributed by atoms with Gasteiger partial charge in [0.15, 0.2) is 0 Å². The van der Waals surface area contributed by atoms with E-state index in [1.807, 2.05) is 24.3 Å². The number of hydrogen-bond donors (Lipinski definition) is 2. The molecule has 5 heteroatoms. The zero-order valence-electron chi connectivity index (χ0n) is 9.65. The van der Waals surface area contributed by atoms with Gasteiger partial charge in [-0.2, -0.15) is 11.8 Å². The summed E-state index contributed by atoms with van der Waals surface area (Å²) in [4.78, 5) is 11.1. The van der Waals surface area contributed by atoms with Crippen molar-refractivity contribution in [1.82, 2.24) is 0 Å². The third-order valence-corrected chi connectivity index (χ3v) is 3.88. The first-order valence-corrected chi connectivity index (χ1v) is 7.41. The van der Waals surface area contributed by atoms with Gasteiger partial charge in [-0.1, -0.05) is 19.1 Å². The zero-order chi connectivity index (χ0) is 12.7. The molecular weight excluding hydrogens is 302 g/mol. The number of para-hydroxylation sites is 1. The van der Waals surface area contributed by atoms with Crippen LogP contribution in [-0.2, 0) is 4.79 Å². The molecule has 1 rings (SSSR count). The van der Waals surface area contributed by atoms with E-state index < -0.39 is 12.0 Å². The predicted octanol–water partition coefficient (Wildman–Crippen LogP) is 3.46. The van der Waals surface area contributed by atoms with Gasteiger partial charge in [-0.15, -0.1) is 0 Å². The van der Waals surface area contributed by atoms with Crippen LogP contribution in [0.5, 0.6) is 0 Å². The largest absolute Gasteiger partial charge is 0.480 e. The second-order valence-electron chi connectivity index (χ2n) is 3.50. The van der Waals surface area contributed by atoms with Crippen LogP contribution >= 0.6 is 27.7 Å². The Labute approximate surface area is 114 Å². The molecular formula is C12H16BrNO2S. The van der Waals surface area contributed by atoms with Gasteiger partial charge >= 0.3 is 5.97 Å². The first-order valence-electron chi connectivity index (χ1n) is 5.46. The van der Waals surface area contributed by atoms with Crippen molar-refractivity contribution in [2.24, 2.45) is 0 Å². The Hall–Kier alpha value is -0.680. The number of thioether (sulfide) groups is 1. The van der Waals surface area contributed by atoms with Crippen molar-refractivity contribution < 1.29 is 9.90 Å². The standard InChI is InChI=1S/C12H16BrNO2S/c1-2-17-8-7-11(12(15)16)14-10-6-4-3-5-9(10)13/h3-6,11,14H,2,7-8H2,1H3,(H,15,16). The van der Waals surface area contributed by atoms with E-state index in [1.165, 1.54) is 0 Å². The maximum Gasteiger partial charge on any atom is 0.326 e. The third-order valence-electron chi connectivity index (χ3n) is 2.26. The number of carbonyl (C=O) groups is 1. The molecule has 2 N–H and O–H groups in total. The van der Waals surface area contributed by atoms with Crippen molar-refractivity contribution in [2.75, 3.05) is 16.8 Å². The van der Waals surface area contributed by atoms with Crippen LogP contribution in [0, 0.1) is 0 Å². The Kier molecular flexibility index (Phi) is 6.44. The van der Waals surface area contributed by atoms with Crippen molar-refractivity contribution in [1.29, 1.82) is 0 Å². The summed E-state index contributed by atoms with van der Waals surface area (Å²) in [5, 5.41) is 12.2. The minimum atomic E-state index is -0.808. The number of hydrogen-bond acceptors (Lipinski definition) is 3. The van der Waals surface area contributed by atoms with Gasteiger partial charge in [0.2, 0.25) is 0 Å². The molecule has 94 valence electrons. The molecule has 1 aromatic rings. The molecule has 17 heavy (non-hydrogen) atoms. The summed E-state index contributed by atoms with van der Waals surface area (Å²) in [6, 6.07) is 7.01. The number of benzene rings is 1. The van der Waals surface area contributed by atoms with Crippen LogP contribution < -0.4 is 5.32 Å². The summed E-state index contributed by atoms with van der Waals surface area (Å²) in [6.07, 6.45) is 0.620. The van der Waals surface area contributed by atoms with E-state index in [1.54, 1.807) is 11.8 Å². The molecule has 0 aliphatic carbocycles. The van der Waals surface area contributed by atoms with Gasteiger partial charge in [0, 0.05) is 10.2 Å². The van der Waals surface area contributed by atoms with Crippen molar-refractivity contribution in [3.8, 4) is 0 Å². The number of halogens is 1. The highest BCUT2D eigenvalue weighted by molar-refractivity contribution is 9.10. The topological polar surface area (TPSA) is 49.3 Å². The summed E-state index contributed by atoms with van der Waals surface area (Å²) in [6.45, 7) is 2.07. The second-order valence-corrected chi connectivity index (χ2v) is 5.75. The van der Waals surface area contributed by atoms with Gasteiger partial charge in [0.25, 0.3) is 0 Å². The maximum atomic E-state index is 11.1. The quantitative estimate of drug-likeness (QED) is 0.756. The lowest BCUT2D eigenvalue weighted by Gasteiger charge is -2.16. The summed E-state index contributed by atoms with van der Waals surface area (Å²) < 4.78 is 0.884. The molecule has 0 radical (unpaired) electrons. The summed E-state index contributed by atoms with van der Waals surface area (Å²) >= 11 is 5.15. The number of carboxylic acids is 1. The number of anilines is 1. The fourth-order valence-corrected chi connectivity index (χ4v) is 2.46. The number of nitrogens with one attached hydrogen (secondary N) is 1. The van der Waals surface area contributed by atoms with Gasteiger partial charge in [-0.05, 0) is 46.0 Å². The maximum absolute atomic E-state index is 11.1. The van der Waals surface area contributed by atoms with E-state index in [9.17, 15) is 4.79 Å². The van der Waals surface area contributed by atoms with Crippen molar-refractivity contribution in [3.05, 3.63) is 28.7 Å². The summed E-state index contributed by atoms with van der Waals surface area (Å²) in [7, 11) is 0.